The van der Waals surface area contributed by atoms with E-state index in [0.29, 0.717) is 5.71 Å². The van der Waals surface area contributed by atoms with Gasteiger partial charge in [-0.15, -0.1) is 0 Å². The topological polar surface area (TPSA) is 32.5 Å². The Bertz CT molecular complexity index is 3620. The van der Waals surface area contributed by atoms with Crippen LogP contribution in [0.4, 0.5) is 34.1 Å². The molecule has 0 unspecified atom stereocenters. The molecule has 0 amide bonds. The molecule has 0 N–H and O–H groups in total. The van der Waals surface area contributed by atoms with Gasteiger partial charge >= 0.3 is 0 Å². The first kappa shape index (κ1) is 39.6. The first-order valence-corrected chi connectivity index (χ1v) is 22.7. The number of furan rings is 1. The molecule has 316 valence electrons. The van der Waals surface area contributed by atoms with Crippen LogP contribution in [0.5, 0.6) is 0 Å². The molecule has 12 rings (SSSR count). The van der Waals surface area contributed by atoms with Crippen molar-refractivity contribution in [3.8, 4) is 44.5 Å². The molecule has 0 spiro atoms. The van der Waals surface area contributed by atoms with Crippen molar-refractivity contribution >= 4 is 67.1 Å². The van der Waals surface area contributed by atoms with E-state index in [2.05, 4.69) is 271 Å². The molecule has 0 radical (unpaired) electrons. The molecule has 0 bridgehead atoms. The van der Waals surface area contributed by atoms with Gasteiger partial charge < -0.3 is 14.2 Å². The summed E-state index contributed by atoms with van der Waals surface area (Å²) in [4.78, 5) is 9.62. The fourth-order valence-corrected chi connectivity index (χ4v) is 9.24. The summed E-state index contributed by atoms with van der Waals surface area (Å²) in [6, 6.07) is 92.5. The van der Waals surface area contributed by atoms with Crippen LogP contribution in [-0.4, -0.2) is 4.98 Å². The molecule has 0 saturated carbocycles. The van der Waals surface area contributed by atoms with Gasteiger partial charge in [-0.05, 0) is 148 Å². The van der Waals surface area contributed by atoms with Crippen LogP contribution < -0.4 is 9.80 Å². The molecular formula is C63H43N3O. The van der Waals surface area contributed by atoms with Crippen molar-refractivity contribution in [2.24, 2.45) is 0 Å². The summed E-state index contributed by atoms with van der Waals surface area (Å²) in [6.07, 6.45) is 0. The molecule has 0 saturated heterocycles. The average Bonchev–Trinajstić information content (AvgIpc) is 3.76. The molecule has 2 aromatic heterocycles. The van der Waals surface area contributed by atoms with Crippen molar-refractivity contribution < 1.29 is 4.42 Å². The van der Waals surface area contributed by atoms with E-state index >= 15 is 0 Å². The summed E-state index contributed by atoms with van der Waals surface area (Å²) in [7, 11) is 0. The van der Waals surface area contributed by atoms with E-state index in [1.54, 1.807) is 0 Å². The van der Waals surface area contributed by atoms with E-state index < -0.39 is 0 Å². The standard InChI is InChI=1S/C63H43N3O/c1-5-13-44(14-6-1)46-21-31-55(32-22-46)65(53-17-9-3-10-18-53)57-35-25-48(26-36-57)50-29-39-61-52(41-50)43-60-59-42-51(30-40-62(59)67-63(60)64-61)49-27-37-58(38-28-49)66(54-19-11-4-12-20-54)56-33-23-47(24-34-56)45-15-7-2-8-16-45/h1-43H. The van der Waals surface area contributed by atoms with Crippen LogP contribution in [0.2, 0.25) is 0 Å². The highest BCUT2D eigenvalue weighted by Crippen LogP contribution is 2.40. The van der Waals surface area contributed by atoms with Crippen LogP contribution in [0.15, 0.2) is 265 Å². The van der Waals surface area contributed by atoms with Gasteiger partial charge in [-0.3, -0.25) is 0 Å². The monoisotopic (exact) mass is 857 g/mol. The first-order valence-electron chi connectivity index (χ1n) is 22.7. The van der Waals surface area contributed by atoms with Crippen LogP contribution in [0, 0.1) is 0 Å². The molecule has 0 aliphatic carbocycles. The number of anilines is 6. The van der Waals surface area contributed by atoms with Gasteiger partial charge in [-0.2, -0.15) is 0 Å². The minimum Gasteiger partial charge on any atom is -0.438 e. The highest BCUT2D eigenvalue weighted by molar-refractivity contribution is 6.09. The van der Waals surface area contributed by atoms with Crippen LogP contribution in [0.1, 0.15) is 0 Å². The molecule has 0 atom stereocenters. The summed E-state index contributed by atoms with van der Waals surface area (Å²) in [5.74, 6) is 0. The van der Waals surface area contributed by atoms with E-state index in [-0.39, 0.29) is 0 Å². The summed E-state index contributed by atoms with van der Waals surface area (Å²) in [5, 5.41) is 3.11. The van der Waals surface area contributed by atoms with Gasteiger partial charge in [-0.1, -0.05) is 158 Å². The van der Waals surface area contributed by atoms with Crippen molar-refractivity contribution in [2.45, 2.75) is 0 Å². The third-order valence-electron chi connectivity index (χ3n) is 12.7. The smallest absolute Gasteiger partial charge is 0.227 e. The number of benzene rings is 10. The van der Waals surface area contributed by atoms with Crippen molar-refractivity contribution in [3.63, 3.8) is 0 Å². The number of hydrogen-bond acceptors (Lipinski definition) is 4. The van der Waals surface area contributed by atoms with Crippen LogP contribution in [-0.2, 0) is 0 Å². The van der Waals surface area contributed by atoms with Crippen molar-refractivity contribution in [1.82, 2.24) is 4.98 Å². The second-order valence-electron chi connectivity index (χ2n) is 16.8. The predicted octanol–water partition coefficient (Wildman–Crippen LogP) is 17.7. The molecule has 2 heterocycles. The molecule has 10 aromatic carbocycles. The zero-order chi connectivity index (χ0) is 44.5. The van der Waals surface area contributed by atoms with E-state index in [0.717, 1.165) is 83.6 Å². The summed E-state index contributed by atoms with van der Waals surface area (Å²) in [5.41, 5.74) is 18.2. The molecular weight excluding hydrogens is 815 g/mol. The minimum absolute atomic E-state index is 0.640. The second kappa shape index (κ2) is 17.2. The highest BCUT2D eigenvalue weighted by atomic mass is 16.3. The Morgan fingerprint density at radius 3 is 1.06 bits per heavy atom. The van der Waals surface area contributed by atoms with Gasteiger partial charge in [0.15, 0.2) is 0 Å². The van der Waals surface area contributed by atoms with Gasteiger partial charge in [0.25, 0.3) is 0 Å². The molecule has 0 aliphatic heterocycles. The Labute approximate surface area is 389 Å². The lowest BCUT2D eigenvalue weighted by atomic mass is 10.0. The second-order valence-corrected chi connectivity index (χ2v) is 16.8. The number of fused-ring (bicyclic) bond motifs is 4. The molecule has 0 aliphatic rings. The molecule has 12 aromatic rings. The van der Waals surface area contributed by atoms with Crippen molar-refractivity contribution in [2.75, 3.05) is 9.80 Å². The molecule has 4 nitrogen and oxygen atoms in total. The number of para-hydroxylation sites is 2. The summed E-state index contributed by atoms with van der Waals surface area (Å²) >= 11 is 0. The lowest BCUT2D eigenvalue weighted by molar-refractivity contribution is 0.656. The number of pyridine rings is 1. The predicted molar refractivity (Wildman–Crippen MR) is 280 cm³/mol. The maximum atomic E-state index is 6.37. The van der Waals surface area contributed by atoms with E-state index in [1.807, 2.05) is 0 Å². The Hall–Kier alpha value is -8.99. The minimum atomic E-state index is 0.640. The zero-order valence-corrected chi connectivity index (χ0v) is 36.6. The number of nitrogens with zero attached hydrogens (tertiary/aromatic N) is 3. The van der Waals surface area contributed by atoms with Crippen molar-refractivity contribution in [1.29, 1.82) is 0 Å². The van der Waals surface area contributed by atoms with Crippen LogP contribution in [0.25, 0.3) is 77.5 Å². The average molecular weight is 858 g/mol. The lowest BCUT2D eigenvalue weighted by Gasteiger charge is -2.26. The fourth-order valence-electron chi connectivity index (χ4n) is 9.24. The number of aromatic nitrogens is 1. The molecule has 0 fully saturated rings. The number of rotatable bonds is 10. The number of hydrogen-bond donors (Lipinski definition) is 0. The third-order valence-corrected chi connectivity index (χ3v) is 12.7. The highest BCUT2D eigenvalue weighted by Gasteiger charge is 2.17. The van der Waals surface area contributed by atoms with Crippen LogP contribution >= 0.6 is 0 Å². The Kier molecular flexibility index (Phi) is 10.2. The lowest BCUT2D eigenvalue weighted by Crippen LogP contribution is -2.09. The van der Waals surface area contributed by atoms with Gasteiger partial charge in [0, 0.05) is 50.3 Å². The fraction of sp³-hybridized carbons (Fsp3) is 0. The zero-order valence-electron chi connectivity index (χ0n) is 36.6. The summed E-state index contributed by atoms with van der Waals surface area (Å²) < 4.78 is 6.37. The first-order chi connectivity index (χ1) is 33.2. The Balaban J connectivity index is 0.837. The van der Waals surface area contributed by atoms with Gasteiger partial charge in [0.2, 0.25) is 5.71 Å². The van der Waals surface area contributed by atoms with E-state index in [9.17, 15) is 0 Å². The van der Waals surface area contributed by atoms with E-state index in [4.69, 9.17) is 9.40 Å². The summed E-state index contributed by atoms with van der Waals surface area (Å²) in [6.45, 7) is 0. The molecule has 4 heteroatoms. The largest absolute Gasteiger partial charge is 0.438 e. The maximum absolute atomic E-state index is 6.37. The quantitative estimate of drug-likeness (QED) is 0.137. The van der Waals surface area contributed by atoms with E-state index in [1.165, 1.54) is 22.3 Å². The van der Waals surface area contributed by atoms with Crippen molar-refractivity contribution in [3.05, 3.63) is 261 Å². The van der Waals surface area contributed by atoms with Gasteiger partial charge in [0.05, 0.1) is 5.52 Å². The maximum Gasteiger partial charge on any atom is 0.227 e. The third kappa shape index (κ3) is 7.77. The normalized spacial score (nSPS) is 11.3. The Morgan fingerprint density at radius 2 is 0.612 bits per heavy atom. The van der Waals surface area contributed by atoms with Gasteiger partial charge in [-0.25, -0.2) is 4.98 Å². The van der Waals surface area contributed by atoms with Crippen LogP contribution in [0.3, 0.4) is 0 Å². The van der Waals surface area contributed by atoms with Gasteiger partial charge in [0.1, 0.15) is 5.58 Å². The SMILES string of the molecule is c1ccc(-c2ccc(N(c3ccccc3)c3ccc(-c4ccc5nc6oc7ccc(-c8ccc(N(c9ccccc9)c9ccc(-c%10ccccc%10)cc9)cc8)cc7c6cc5c4)cc3)cc2)cc1. The molecule has 67 heavy (non-hydrogen) atoms. The Morgan fingerprint density at radius 1 is 0.269 bits per heavy atom.